The lowest BCUT2D eigenvalue weighted by Crippen LogP contribution is -2.62. The molecule has 4 N–H and O–H groups in total. The summed E-state index contributed by atoms with van der Waals surface area (Å²) in [5.41, 5.74) is -1.35. The Morgan fingerprint density at radius 1 is 0.771 bits per heavy atom. The third-order valence-electron chi connectivity index (χ3n) is 13.8. The van der Waals surface area contributed by atoms with Crippen LogP contribution in [0, 0.1) is 44.8 Å². The predicted octanol–water partition coefficient (Wildman–Crippen LogP) is 4.44. The summed E-state index contributed by atoms with van der Waals surface area (Å²) in [6.07, 6.45) is 7.18. The molecule has 0 aromatic heterocycles. The summed E-state index contributed by atoms with van der Waals surface area (Å²) in [4.78, 5) is 0. The molecule has 200 valence electrons. The summed E-state index contributed by atoms with van der Waals surface area (Å²) in [5.74, 6) is 0.577. The summed E-state index contributed by atoms with van der Waals surface area (Å²) in [6.45, 7) is 15.0. The first kappa shape index (κ1) is 25.1. The minimum absolute atomic E-state index is 0.0267. The van der Waals surface area contributed by atoms with Crippen LogP contribution in [0.1, 0.15) is 106 Å². The van der Waals surface area contributed by atoms with Gasteiger partial charge in [-0.15, -0.1) is 0 Å². The van der Waals surface area contributed by atoms with Gasteiger partial charge >= 0.3 is 0 Å². The van der Waals surface area contributed by atoms with Gasteiger partial charge < -0.3 is 25.2 Å². The lowest BCUT2D eigenvalue weighted by molar-refractivity contribution is -0.213. The van der Waals surface area contributed by atoms with Crippen LogP contribution in [0.4, 0.5) is 0 Å². The summed E-state index contributed by atoms with van der Waals surface area (Å²) < 4.78 is 6.66. The number of aliphatic hydroxyl groups excluding tert-OH is 3. The Bertz CT molecular complexity index is 911. The highest BCUT2D eigenvalue weighted by Crippen LogP contribution is 2.89. The first-order chi connectivity index (χ1) is 16.0. The zero-order chi connectivity index (χ0) is 25.6. The normalized spacial score (nSPS) is 60.9. The highest BCUT2D eigenvalue weighted by Gasteiger charge is 2.84. The van der Waals surface area contributed by atoms with Crippen LogP contribution in [-0.4, -0.2) is 56.0 Å². The van der Waals surface area contributed by atoms with E-state index in [9.17, 15) is 20.4 Å². The average Bonchev–Trinajstić information content (AvgIpc) is 3.08. The molecule has 6 rings (SSSR count). The Hall–Kier alpha value is -0.200. The lowest BCUT2D eigenvalue weighted by atomic mass is 9.41. The van der Waals surface area contributed by atoms with Gasteiger partial charge in [-0.05, 0) is 117 Å². The van der Waals surface area contributed by atoms with Crippen molar-refractivity contribution < 1.29 is 25.2 Å². The van der Waals surface area contributed by atoms with Gasteiger partial charge in [0.25, 0.3) is 0 Å². The molecule has 5 heteroatoms. The van der Waals surface area contributed by atoms with Crippen LogP contribution in [0.25, 0.3) is 0 Å². The smallest absolute Gasteiger partial charge is 0.0865 e. The van der Waals surface area contributed by atoms with Gasteiger partial charge in [0, 0.05) is 5.92 Å². The van der Waals surface area contributed by atoms with E-state index in [1.165, 1.54) is 6.42 Å². The molecule has 1 aliphatic heterocycles. The number of fused-ring (bicyclic) bond motifs is 2. The van der Waals surface area contributed by atoms with Gasteiger partial charge in [0.2, 0.25) is 0 Å². The molecular weight excluding hydrogens is 440 g/mol. The van der Waals surface area contributed by atoms with Crippen molar-refractivity contribution in [2.45, 2.75) is 142 Å². The van der Waals surface area contributed by atoms with E-state index in [0.717, 1.165) is 51.4 Å². The van der Waals surface area contributed by atoms with Gasteiger partial charge in [-0.25, -0.2) is 0 Å². The molecule has 6 fully saturated rings. The Labute approximate surface area is 212 Å². The van der Waals surface area contributed by atoms with E-state index in [4.69, 9.17) is 4.74 Å². The summed E-state index contributed by atoms with van der Waals surface area (Å²) in [7, 11) is 0. The van der Waals surface area contributed by atoms with Crippen LogP contribution >= 0.6 is 0 Å². The van der Waals surface area contributed by atoms with Crippen LogP contribution in [0.15, 0.2) is 0 Å². The third kappa shape index (κ3) is 2.78. The first-order valence-electron chi connectivity index (χ1n) is 14.4. The van der Waals surface area contributed by atoms with E-state index in [-0.39, 0.29) is 51.1 Å². The van der Waals surface area contributed by atoms with Crippen molar-refractivity contribution in [1.82, 2.24) is 0 Å². The zero-order valence-electron chi connectivity index (χ0n) is 23.1. The molecule has 0 aromatic rings. The van der Waals surface area contributed by atoms with Crippen molar-refractivity contribution >= 4 is 0 Å². The molecule has 0 aromatic carbocycles. The van der Waals surface area contributed by atoms with Crippen LogP contribution in [0.2, 0.25) is 0 Å². The number of ether oxygens (including phenoxy) is 1. The third-order valence-corrected chi connectivity index (χ3v) is 13.8. The van der Waals surface area contributed by atoms with Gasteiger partial charge in [-0.2, -0.15) is 0 Å². The second kappa shape index (κ2) is 6.86. The van der Waals surface area contributed by atoms with Crippen molar-refractivity contribution in [1.29, 1.82) is 0 Å². The van der Waals surface area contributed by atoms with Crippen molar-refractivity contribution in [3.63, 3.8) is 0 Å². The Kier molecular flexibility index (Phi) is 4.92. The monoisotopic (exact) mass is 490 g/mol. The van der Waals surface area contributed by atoms with Crippen molar-refractivity contribution in [2.75, 3.05) is 0 Å². The molecule has 5 nitrogen and oxygen atoms in total. The second-order valence-electron chi connectivity index (χ2n) is 15.9. The molecule has 2 spiro atoms. The van der Waals surface area contributed by atoms with Crippen LogP contribution in [-0.2, 0) is 4.74 Å². The van der Waals surface area contributed by atoms with Crippen LogP contribution in [0.5, 0.6) is 0 Å². The number of hydrogen-bond donors (Lipinski definition) is 4. The fraction of sp³-hybridized carbons (Fsp3) is 1.00. The SMILES string of the molecule is CC(C)(O)[C@@H]1CC[C@](C)(C2C(O)C[C@@]3(C)C4C[C@H](O)[C@H]5C(C)(C)[C@@H](O)CCC56CC46CCC23C)O1. The van der Waals surface area contributed by atoms with E-state index in [2.05, 4.69) is 34.6 Å². The van der Waals surface area contributed by atoms with E-state index in [1.807, 2.05) is 13.8 Å². The van der Waals surface area contributed by atoms with Gasteiger partial charge in [0.15, 0.2) is 0 Å². The van der Waals surface area contributed by atoms with E-state index < -0.39 is 23.4 Å². The molecule has 6 unspecified atom stereocenters. The van der Waals surface area contributed by atoms with Crippen molar-refractivity contribution in [2.24, 2.45) is 44.8 Å². The number of aliphatic hydroxyl groups is 4. The standard InChI is InChI=1S/C30H50O5/c1-24(2)20(33)8-11-30-16-29(30)13-12-26(5)23(28(7)10-9-21(35-28)25(3,4)34)18(32)15-27(26,6)19(29)14-17(31)22(24)30/h17-23,31-34H,8-16H2,1-7H3/t17-,18?,19?,20-,21-,22-,23?,26?,27-,28+,29?,30?/m0/s1. The van der Waals surface area contributed by atoms with Crippen LogP contribution in [0.3, 0.4) is 0 Å². The maximum atomic E-state index is 11.7. The summed E-state index contributed by atoms with van der Waals surface area (Å²) in [6, 6.07) is 0. The van der Waals surface area contributed by atoms with E-state index >= 15 is 0 Å². The van der Waals surface area contributed by atoms with Gasteiger partial charge in [0.1, 0.15) is 0 Å². The molecule has 0 amide bonds. The highest BCUT2D eigenvalue weighted by atomic mass is 16.5. The molecule has 6 aliphatic rings. The summed E-state index contributed by atoms with van der Waals surface area (Å²) in [5, 5.41) is 45.0. The Balaban J connectivity index is 1.37. The molecule has 1 heterocycles. The maximum Gasteiger partial charge on any atom is 0.0865 e. The molecular formula is C30H50O5. The Morgan fingerprint density at radius 3 is 2.09 bits per heavy atom. The molecule has 5 saturated carbocycles. The fourth-order valence-electron chi connectivity index (χ4n) is 12.1. The van der Waals surface area contributed by atoms with E-state index in [0.29, 0.717) is 5.92 Å². The second-order valence-corrected chi connectivity index (χ2v) is 15.9. The molecule has 0 radical (unpaired) electrons. The summed E-state index contributed by atoms with van der Waals surface area (Å²) >= 11 is 0. The Morgan fingerprint density at radius 2 is 1.46 bits per heavy atom. The molecule has 12 atom stereocenters. The number of rotatable bonds is 2. The average molecular weight is 491 g/mol. The van der Waals surface area contributed by atoms with Gasteiger partial charge in [-0.3, -0.25) is 0 Å². The molecule has 35 heavy (non-hydrogen) atoms. The highest BCUT2D eigenvalue weighted by molar-refractivity contribution is 5.33. The molecule has 1 saturated heterocycles. The predicted molar refractivity (Wildman–Crippen MR) is 134 cm³/mol. The number of hydrogen-bond acceptors (Lipinski definition) is 5. The van der Waals surface area contributed by atoms with Crippen LogP contribution < -0.4 is 0 Å². The molecule has 0 bridgehead atoms. The zero-order valence-corrected chi connectivity index (χ0v) is 23.1. The van der Waals surface area contributed by atoms with Crippen molar-refractivity contribution in [3.05, 3.63) is 0 Å². The fourth-order valence-corrected chi connectivity index (χ4v) is 12.1. The lowest BCUT2D eigenvalue weighted by Gasteiger charge is -2.64. The molecule has 5 aliphatic carbocycles. The van der Waals surface area contributed by atoms with Gasteiger partial charge in [-0.1, -0.05) is 27.7 Å². The minimum Gasteiger partial charge on any atom is -0.393 e. The maximum absolute atomic E-state index is 11.7. The topological polar surface area (TPSA) is 90.2 Å². The largest absolute Gasteiger partial charge is 0.393 e. The van der Waals surface area contributed by atoms with Gasteiger partial charge in [0.05, 0.1) is 35.6 Å². The first-order valence-corrected chi connectivity index (χ1v) is 14.4. The quantitative estimate of drug-likeness (QED) is 0.460. The minimum atomic E-state index is -0.886. The van der Waals surface area contributed by atoms with E-state index in [1.54, 1.807) is 0 Å². The van der Waals surface area contributed by atoms with Crippen molar-refractivity contribution in [3.8, 4) is 0 Å².